The molecule has 4 aromatic rings. The number of methoxy groups -OCH3 is 1. The van der Waals surface area contributed by atoms with Gasteiger partial charge in [0.05, 0.1) is 18.4 Å². The third kappa shape index (κ3) is 4.33. The lowest BCUT2D eigenvalue weighted by Crippen LogP contribution is -2.16. The summed E-state index contributed by atoms with van der Waals surface area (Å²) < 4.78 is 11.1. The topological polar surface area (TPSA) is 107 Å². The number of rotatable bonds is 6. The van der Waals surface area contributed by atoms with Crippen LogP contribution in [0.3, 0.4) is 0 Å². The average Bonchev–Trinajstić information content (AvgIpc) is 2.79. The molecular weight excluding hydrogens is 388 g/mol. The fourth-order valence-corrected chi connectivity index (χ4v) is 3.31. The highest BCUT2D eigenvalue weighted by Gasteiger charge is 2.16. The third-order valence-electron chi connectivity index (χ3n) is 4.85. The second-order valence-corrected chi connectivity index (χ2v) is 6.90. The van der Waals surface area contributed by atoms with Crippen LogP contribution in [0.2, 0.25) is 0 Å². The van der Waals surface area contributed by atoms with Crippen molar-refractivity contribution in [2.45, 2.75) is 0 Å². The zero-order chi connectivity index (χ0) is 21.8. The lowest BCUT2D eigenvalue weighted by Gasteiger charge is -2.14. The molecule has 0 bridgehead atoms. The van der Waals surface area contributed by atoms with E-state index in [1.54, 1.807) is 7.11 Å². The van der Waals surface area contributed by atoms with Crippen LogP contribution in [-0.4, -0.2) is 17.9 Å². The Labute approximate surface area is 180 Å². The average molecular weight is 410 g/mol. The molecule has 0 aliphatic heterocycles. The second kappa shape index (κ2) is 8.59. The van der Waals surface area contributed by atoms with Crippen LogP contribution in [0, 0.1) is 5.41 Å². The minimum absolute atomic E-state index is 0.133. The monoisotopic (exact) mass is 410 g/mol. The summed E-state index contributed by atoms with van der Waals surface area (Å²) in [7, 11) is 1.62. The highest BCUT2D eigenvalue weighted by atomic mass is 16.5. The molecule has 0 atom stereocenters. The highest BCUT2D eigenvalue weighted by Crippen LogP contribution is 2.33. The highest BCUT2D eigenvalue weighted by molar-refractivity contribution is 6.06. The van der Waals surface area contributed by atoms with Gasteiger partial charge in [0.2, 0.25) is 0 Å². The zero-order valence-electron chi connectivity index (χ0n) is 17.0. The lowest BCUT2D eigenvalue weighted by molar-refractivity contribution is 0.415. The third-order valence-corrected chi connectivity index (χ3v) is 4.85. The molecule has 4 rings (SSSR count). The van der Waals surface area contributed by atoms with Gasteiger partial charge in [0.1, 0.15) is 28.9 Å². The molecule has 0 saturated heterocycles. The van der Waals surface area contributed by atoms with E-state index >= 15 is 0 Å². The summed E-state index contributed by atoms with van der Waals surface area (Å²) in [4.78, 5) is 4.47. The number of nitrogens with two attached hydrogens (primary N) is 2. The summed E-state index contributed by atoms with van der Waals surface area (Å²) in [5, 5.41) is 8.00. The van der Waals surface area contributed by atoms with Gasteiger partial charge in [0, 0.05) is 5.56 Å². The van der Waals surface area contributed by atoms with Gasteiger partial charge in [0.15, 0.2) is 0 Å². The Bertz CT molecular complexity index is 1200. The standard InChI is InChI=1S/C25H22N4O2/c1-30-18-11-9-17(10-12-18)22-15-21(23(24(26)27)25(28)29-22)16-7-13-20(14-8-16)31-19-5-3-2-4-6-19/h2-15H,1H3,(H3,26,27)(H2,28,29). The number of para-hydroxylation sites is 1. The van der Waals surface area contributed by atoms with E-state index in [2.05, 4.69) is 4.98 Å². The number of benzene rings is 3. The number of hydrogen-bond donors (Lipinski definition) is 3. The van der Waals surface area contributed by atoms with E-state index in [9.17, 15) is 0 Å². The minimum Gasteiger partial charge on any atom is -0.497 e. The normalized spacial score (nSPS) is 10.5. The van der Waals surface area contributed by atoms with Crippen LogP contribution >= 0.6 is 0 Å². The van der Waals surface area contributed by atoms with Gasteiger partial charge in [0.25, 0.3) is 0 Å². The number of nitrogen functional groups attached to an aromatic ring is 2. The van der Waals surface area contributed by atoms with Crippen LogP contribution in [0.4, 0.5) is 5.82 Å². The van der Waals surface area contributed by atoms with E-state index in [-0.39, 0.29) is 11.7 Å². The van der Waals surface area contributed by atoms with Crippen LogP contribution < -0.4 is 20.9 Å². The molecule has 3 aromatic carbocycles. The van der Waals surface area contributed by atoms with E-state index in [0.29, 0.717) is 17.0 Å². The van der Waals surface area contributed by atoms with Gasteiger partial charge in [-0.25, -0.2) is 4.98 Å². The molecule has 0 aliphatic carbocycles. The van der Waals surface area contributed by atoms with Crippen molar-refractivity contribution in [3.63, 3.8) is 0 Å². The molecule has 0 unspecified atom stereocenters. The maximum Gasteiger partial charge on any atom is 0.135 e. The first-order valence-electron chi connectivity index (χ1n) is 9.68. The molecule has 1 aromatic heterocycles. The summed E-state index contributed by atoms with van der Waals surface area (Å²) >= 11 is 0. The molecule has 5 N–H and O–H groups in total. The zero-order valence-corrected chi connectivity index (χ0v) is 17.0. The molecule has 1 heterocycles. The first-order chi connectivity index (χ1) is 15.0. The Balaban J connectivity index is 1.73. The number of anilines is 1. The molecule has 31 heavy (non-hydrogen) atoms. The number of nitrogens with one attached hydrogen (secondary N) is 1. The van der Waals surface area contributed by atoms with Gasteiger partial charge < -0.3 is 20.9 Å². The molecule has 0 spiro atoms. The Morgan fingerprint density at radius 2 is 1.39 bits per heavy atom. The second-order valence-electron chi connectivity index (χ2n) is 6.90. The number of amidine groups is 1. The Morgan fingerprint density at radius 1 is 0.806 bits per heavy atom. The van der Waals surface area contributed by atoms with Gasteiger partial charge in [-0.2, -0.15) is 0 Å². The number of nitrogens with zero attached hydrogens (tertiary/aromatic N) is 1. The van der Waals surface area contributed by atoms with E-state index in [4.69, 9.17) is 26.4 Å². The molecule has 0 fully saturated rings. The number of aromatic nitrogens is 1. The van der Waals surface area contributed by atoms with Crippen molar-refractivity contribution < 1.29 is 9.47 Å². The number of pyridine rings is 1. The quantitative estimate of drug-likeness (QED) is 0.303. The summed E-state index contributed by atoms with van der Waals surface area (Å²) in [5.41, 5.74) is 15.6. The fraction of sp³-hybridized carbons (Fsp3) is 0.0400. The van der Waals surface area contributed by atoms with Crippen molar-refractivity contribution in [2.75, 3.05) is 12.8 Å². The Morgan fingerprint density at radius 3 is 2.00 bits per heavy atom. The van der Waals surface area contributed by atoms with E-state index in [1.807, 2.05) is 84.9 Å². The maximum atomic E-state index is 8.00. The van der Waals surface area contributed by atoms with Crippen molar-refractivity contribution in [2.24, 2.45) is 5.73 Å². The van der Waals surface area contributed by atoms with Gasteiger partial charge in [-0.05, 0) is 65.7 Å². The van der Waals surface area contributed by atoms with Gasteiger partial charge in [-0.3, -0.25) is 5.41 Å². The maximum absolute atomic E-state index is 8.00. The van der Waals surface area contributed by atoms with Crippen LogP contribution in [-0.2, 0) is 0 Å². The van der Waals surface area contributed by atoms with E-state index in [1.165, 1.54) is 0 Å². The summed E-state index contributed by atoms with van der Waals surface area (Å²) in [5.74, 6) is 2.30. The first kappa shape index (κ1) is 20.0. The van der Waals surface area contributed by atoms with Crippen LogP contribution in [0.5, 0.6) is 17.2 Å². The van der Waals surface area contributed by atoms with Gasteiger partial charge >= 0.3 is 0 Å². The van der Waals surface area contributed by atoms with E-state index in [0.717, 1.165) is 28.2 Å². The van der Waals surface area contributed by atoms with Crippen molar-refractivity contribution in [1.29, 1.82) is 5.41 Å². The molecule has 6 nitrogen and oxygen atoms in total. The largest absolute Gasteiger partial charge is 0.497 e. The summed E-state index contributed by atoms with van der Waals surface area (Å²) in [6.45, 7) is 0. The predicted molar refractivity (Wildman–Crippen MR) is 124 cm³/mol. The lowest BCUT2D eigenvalue weighted by atomic mass is 9.97. The molecule has 0 saturated carbocycles. The number of hydrogen-bond acceptors (Lipinski definition) is 5. The SMILES string of the molecule is COc1ccc(-c2cc(-c3ccc(Oc4ccccc4)cc3)c(C(=N)N)c(N)n2)cc1. The molecule has 154 valence electrons. The van der Waals surface area contributed by atoms with Gasteiger partial charge in [-0.15, -0.1) is 0 Å². The van der Waals surface area contributed by atoms with Crippen LogP contribution in [0.25, 0.3) is 22.4 Å². The van der Waals surface area contributed by atoms with Crippen molar-refractivity contribution in [3.8, 4) is 39.6 Å². The predicted octanol–water partition coefficient (Wildman–Crippen LogP) is 5.08. The van der Waals surface area contributed by atoms with Crippen molar-refractivity contribution in [3.05, 3.63) is 90.5 Å². The Hall–Kier alpha value is -4.32. The fourth-order valence-electron chi connectivity index (χ4n) is 3.31. The summed E-state index contributed by atoms with van der Waals surface area (Å²) in [6, 6.07) is 26.6. The molecular formula is C25H22N4O2. The number of ether oxygens (including phenoxy) is 2. The van der Waals surface area contributed by atoms with Crippen molar-refractivity contribution in [1.82, 2.24) is 4.98 Å². The Kier molecular flexibility index (Phi) is 5.53. The smallest absolute Gasteiger partial charge is 0.135 e. The van der Waals surface area contributed by atoms with E-state index < -0.39 is 0 Å². The molecule has 6 heteroatoms. The van der Waals surface area contributed by atoms with Crippen LogP contribution in [0.15, 0.2) is 84.9 Å². The molecule has 0 aliphatic rings. The first-order valence-corrected chi connectivity index (χ1v) is 9.68. The molecule has 0 amide bonds. The minimum atomic E-state index is -0.133. The summed E-state index contributed by atoms with van der Waals surface area (Å²) in [6.07, 6.45) is 0. The molecule has 0 radical (unpaired) electrons. The van der Waals surface area contributed by atoms with Gasteiger partial charge in [-0.1, -0.05) is 30.3 Å². The van der Waals surface area contributed by atoms with Crippen LogP contribution in [0.1, 0.15) is 5.56 Å². The van der Waals surface area contributed by atoms with Crippen molar-refractivity contribution >= 4 is 11.7 Å².